The number of amides is 2. The van der Waals surface area contributed by atoms with Crippen LogP contribution in [0.2, 0.25) is 10.2 Å². The third-order valence-electron chi connectivity index (χ3n) is 7.82. The molecular formula is C32H40Cl2F3N7O3S. The maximum atomic E-state index is 13.5. The number of hydrogen-bond donors (Lipinski definition) is 4. The Labute approximate surface area is 289 Å². The van der Waals surface area contributed by atoms with E-state index in [0.29, 0.717) is 10.9 Å². The van der Waals surface area contributed by atoms with E-state index in [1.807, 2.05) is 0 Å². The lowest BCUT2D eigenvalue weighted by Gasteiger charge is -2.12. The van der Waals surface area contributed by atoms with Crippen LogP contribution >= 0.6 is 23.2 Å². The van der Waals surface area contributed by atoms with Gasteiger partial charge in [-0.25, -0.2) is 17.7 Å². The van der Waals surface area contributed by atoms with E-state index in [-0.39, 0.29) is 28.0 Å². The van der Waals surface area contributed by atoms with E-state index < -0.39 is 49.6 Å². The standard InChI is InChI=1S/C32H40Cl2F3N7O3S/c1-2-3-4-5-6-7-8-9-10-11-12-13-14-15-18-48(46,47)43-22-16-17-25(33)26(19-22)40-31(45)41-30-24(21-39)28-23(20-38)27(32(35,36)37)29(34)44(28)42-30/h16-17,19,42-43H,2-15,18H2,1H3,(H2,40,41,45). The Bertz CT molecular complexity index is 1740. The van der Waals surface area contributed by atoms with Crippen LogP contribution in [0.4, 0.5) is 35.2 Å². The molecule has 2 amide bonds. The molecule has 2 aromatic heterocycles. The molecule has 4 N–H and O–H groups in total. The minimum atomic E-state index is -4.97. The Balaban J connectivity index is 1.49. The molecule has 3 aromatic rings. The molecule has 0 aliphatic carbocycles. The van der Waals surface area contributed by atoms with Crippen molar-refractivity contribution in [3.8, 4) is 12.1 Å². The van der Waals surface area contributed by atoms with Gasteiger partial charge in [-0.1, -0.05) is 114 Å². The smallest absolute Gasteiger partial charge is 0.306 e. The molecule has 16 heteroatoms. The SMILES string of the molecule is CCCCCCCCCCCCCCCCS(=O)(=O)Nc1ccc(Cl)c(NC(=O)Nc2[nH]n3c(Cl)c(C(F)(F)F)c(C#N)c3c2C#N)c1. The molecule has 0 radical (unpaired) electrons. The third kappa shape index (κ3) is 11.0. The molecule has 2 heterocycles. The fourth-order valence-corrected chi connectivity index (χ4v) is 7.07. The number of carbonyl (C=O) groups is 1. The lowest BCUT2D eigenvalue weighted by molar-refractivity contribution is -0.137. The van der Waals surface area contributed by atoms with Crippen LogP contribution in [0.15, 0.2) is 18.2 Å². The number of urea groups is 1. The van der Waals surface area contributed by atoms with Crippen molar-refractivity contribution in [2.24, 2.45) is 0 Å². The zero-order valence-electron chi connectivity index (χ0n) is 26.7. The number of alkyl halides is 3. The van der Waals surface area contributed by atoms with Crippen molar-refractivity contribution < 1.29 is 26.4 Å². The van der Waals surface area contributed by atoms with E-state index in [1.54, 1.807) is 6.07 Å². The number of H-pyrrole nitrogens is 1. The molecule has 48 heavy (non-hydrogen) atoms. The predicted molar refractivity (Wildman–Crippen MR) is 183 cm³/mol. The summed E-state index contributed by atoms with van der Waals surface area (Å²) >= 11 is 12.1. The van der Waals surface area contributed by atoms with Gasteiger partial charge in [0.15, 0.2) is 0 Å². The molecule has 1 aromatic carbocycles. The second kappa shape index (κ2) is 18.2. The van der Waals surface area contributed by atoms with Crippen LogP contribution in [-0.2, 0) is 16.2 Å². The summed E-state index contributed by atoms with van der Waals surface area (Å²) in [5.41, 5.74) is -3.06. The molecule has 0 saturated heterocycles. The quantitative estimate of drug-likeness (QED) is 0.0904. The minimum absolute atomic E-state index is 0.0117. The van der Waals surface area contributed by atoms with Crippen molar-refractivity contribution in [2.45, 2.75) is 103 Å². The van der Waals surface area contributed by atoms with Gasteiger partial charge in [0.1, 0.15) is 39.8 Å². The molecule has 0 unspecified atom stereocenters. The average Bonchev–Trinajstić information content (AvgIpc) is 3.51. The third-order valence-corrected chi connectivity index (χ3v) is 9.88. The van der Waals surface area contributed by atoms with Crippen LogP contribution in [0.5, 0.6) is 0 Å². The molecule has 0 aliphatic heterocycles. The van der Waals surface area contributed by atoms with Crippen LogP contribution in [-0.4, -0.2) is 29.8 Å². The second-order valence-corrected chi connectivity index (χ2v) is 14.2. The number of nitriles is 2. The van der Waals surface area contributed by atoms with Gasteiger partial charge in [-0.15, -0.1) is 0 Å². The van der Waals surface area contributed by atoms with Gasteiger partial charge >= 0.3 is 12.2 Å². The number of aromatic amines is 1. The topological polar surface area (TPSA) is 155 Å². The Morgan fingerprint density at radius 3 is 1.94 bits per heavy atom. The maximum Gasteiger partial charge on any atom is 0.420 e. The summed E-state index contributed by atoms with van der Waals surface area (Å²) in [6, 6.07) is 6.23. The number of rotatable bonds is 19. The highest BCUT2D eigenvalue weighted by atomic mass is 35.5. The van der Waals surface area contributed by atoms with Gasteiger partial charge in [-0.3, -0.25) is 15.1 Å². The highest BCUT2D eigenvalue weighted by Gasteiger charge is 2.41. The number of unbranched alkanes of at least 4 members (excludes halogenated alkanes) is 13. The van der Waals surface area contributed by atoms with E-state index >= 15 is 0 Å². The first-order valence-corrected chi connectivity index (χ1v) is 18.4. The van der Waals surface area contributed by atoms with Gasteiger partial charge in [0.25, 0.3) is 0 Å². The van der Waals surface area contributed by atoms with Gasteiger partial charge in [0, 0.05) is 0 Å². The summed E-state index contributed by atoms with van der Waals surface area (Å²) in [7, 11) is -3.68. The van der Waals surface area contributed by atoms with E-state index in [2.05, 4.69) is 27.4 Å². The Kier molecular flexibility index (Phi) is 14.8. The van der Waals surface area contributed by atoms with E-state index in [1.165, 1.54) is 82.1 Å². The molecule has 0 atom stereocenters. The zero-order chi connectivity index (χ0) is 35.3. The van der Waals surface area contributed by atoms with Crippen molar-refractivity contribution in [2.75, 3.05) is 21.1 Å². The number of carbonyl (C=O) groups excluding carboxylic acids is 1. The molecule has 10 nitrogen and oxygen atoms in total. The molecular weight excluding hydrogens is 690 g/mol. The number of nitrogens with zero attached hydrogens (tertiary/aromatic N) is 3. The van der Waals surface area contributed by atoms with Crippen molar-refractivity contribution >= 4 is 62.0 Å². The number of anilines is 3. The minimum Gasteiger partial charge on any atom is -0.306 e. The second-order valence-electron chi connectivity index (χ2n) is 11.6. The fraction of sp³-hybridized carbons (Fsp3) is 0.531. The van der Waals surface area contributed by atoms with Crippen LogP contribution in [0.1, 0.15) is 114 Å². The monoisotopic (exact) mass is 729 g/mol. The van der Waals surface area contributed by atoms with Gasteiger partial charge < -0.3 is 5.32 Å². The van der Waals surface area contributed by atoms with Crippen LogP contribution in [0.25, 0.3) is 5.52 Å². The molecule has 262 valence electrons. The summed E-state index contributed by atoms with van der Waals surface area (Å²) in [6.07, 6.45) is 11.2. The Morgan fingerprint density at radius 2 is 1.42 bits per heavy atom. The number of benzene rings is 1. The number of hydrogen-bond acceptors (Lipinski definition) is 5. The summed E-state index contributed by atoms with van der Waals surface area (Å²) in [5, 5.41) is 25.3. The first-order valence-electron chi connectivity index (χ1n) is 16.0. The molecule has 0 saturated carbocycles. The highest BCUT2D eigenvalue weighted by Crippen LogP contribution is 2.42. The largest absolute Gasteiger partial charge is 0.420 e. The maximum absolute atomic E-state index is 13.5. The fourth-order valence-electron chi connectivity index (χ4n) is 5.41. The van der Waals surface area contributed by atoms with Crippen molar-refractivity contribution in [3.05, 3.63) is 45.1 Å². The van der Waals surface area contributed by atoms with Gasteiger partial charge in [-0.05, 0) is 24.6 Å². The zero-order valence-corrected chi connectivity index (χ0v) is 29.0. The van der Waals surface area contributed by atoms with Crippen LogP contribution < -0.4 is 15.4 Å². The lowest BCUT2D eigenvalue weighted by Crippen LogP contribution is -2.21. The first kappa shape index (κ1) is 38.9. The number of aromatic nitrogens is 2. The summed E-state index contributed by atoms with van der Waals surface area (Å²) in [5.74, 6) is -0.407. The molecule has 0 spiro atoms. The van der Waals surface area contributed by atoms with Crippen molar-refractivity contribution in [1.29, 1.82) is 10.5 Å². The highest BCUT2D eigenvalue weighted by molar-refractivity contribution is 7.92. The molecule has 0 aliphatic rings. The van der Waals surface area contributed by atoms with Gasteiger partial charge in [0.05, 0.1) is 27.7 Å². The molecule has 0 fully saturated rings. The average molecular weight is 731 g/mol. The van der Waals surface area contributed by atoms with E-state index in [4.69, 9.17) is 23.2 Å². The van der Waals surface area contributed by atoms with Gasteiger partial charge in [-0.2, -0.15) is 23.7 Å². The predicted octanol–water partition coefficient (Wildman–Crippen LogP) is 10.2. The van der Waals surface area contributed by atoms with E-state index in [9.17, 15) is 36.9 Å². The van der Waals surface area contributed by atoms with Crippen molar-refractivity contribution in [1.82, 2.24) is 9.61 Å². The van der Waals surface area contributed by atoms with Crippen molar-refractivity contribution in [3.63, 3.8) is 0 Å². The summed E-state index contributed by atoms with van der Waals surface area (Å²) in [6.45, 7) is 2.22. The Hall–Kier alpha value is -3.59. The van der Waals surface area contributed by atoms with Crippen LogP contribution in [0.3, 0.4) is 0 Å². The number of sulfonamides is 1. The first-order chi connectivity index (χ1) is 22.8. The molecule has 3 rings (SSSR count). The lowest BCUT2D eigenvalue weighted by atomic mass is 10.0. The number of fused-ring (bicyclic) bond motifs is 1. The van der Waals surface area contributed by atoms with Gasteiger partial charge in [0.2, 0.25) is 10.0 Å². The van der Waals surface area contributed by atoms with Crippen LogP contribution in [0, 0.1) is 22.7 Å². The number of nitrogens with one attached hydrogen (secondary N) is 4. The molecule has 0 bridgehead atoms. The normalized spacial score (nSPS) is 11.8. The number of halogens is 5. The summed E-state index contributed by atoms with van der Waals surface area (Å²) < 4.78 is 69.0. The summed E-state index contributed by atoms with van der Waals surface area (Å²) in [4.78, 5) is 12.8. The van der Waals surface area contributed by atoms with E-state index in [0.717, 1.165) is 25.7 Å². The Morgan fingerprint density at radius 1 is 0.875 bits per heavy atom.